The van der Waals surface area contributed by atoms with Crippen LogP contribution >= 0.6 is 0 Å². The topological polar surface area (TPSA) is 38.8 Å². The first kappa shape index (κ1) is 20.1. The zero-order valence-electron chi connectivity index (χ0n) is 14.5. The summed E-state index contributed by atoms with van der Waals surface area (Å²) in [5.74, 6) is -2.16. The third-order valence-electron chi connectivity index (χ3n) is 4.20. The molecule has 2 aromatic carbocycles. The number of benzene rings is 2. The molecule has 0 aliphatic carbocycles. The van der Waals surface area contributed by atoms with Crippen molar-refractivity contribution in [3.05, 3.63) is 65.2 Å². The Morgan fingerprint density at radius 3 is 2.50 bits per heavy atom. The Labute approximate surface area is 157 Å². The van der Waals surface area contributed by atoms with E-state index in [-0.39, 0.29) is 37.6 Å². The van der Waals surface area contributed by atoms with Gasteiger partial charge in [-0.15, -0.1) is 0 Å². The highest BCUT2D eigenvalue weighted by Crippen LogP contribution is 2.29. The summed E-state index contributed by atoms with van der Waals surface area (Å²) < 4.78 is 75.2. The monoisotopic (exact) mass is 401 g/mol. The molecule has 0 radical (unpaired) electrons. The van der Waals surface area contributed by atoms with Crippen molar-refractivity contribution in [3.8, 4) is 5.75 Å². The van der Waals surface area contributed by atoms with Gasteiger partial charge in [0.25, 0.3) is 5.91 Å². The molecule has 1 aliphatic heterocycles. The maximum absolute atomic E-state index is 13.6. The summed E-state index contributed by atoms with van der Waals surface area (Å²) in [6, 6.07) is 6.86. The van der Waals surface area contributed by atoms with Gasteiger partial charge in [-0.25, -0.2) is 8.78 Å². The summed E-state index contributed by atoms with van der Waals surface area (Å²) in [4.78, 5) is 14.0. The molecule has 1 amide bonds. The molecule has 1 fully saturated rings. The zero-order valence-corrected chi connectivity index (χ0v) is 14.5. The van der Waals surface area contributed by atoms with Crippen molar-refractivity contribution in [1.29, 1.82) is 0 Å². The van der Waals surface area contributed by atoms with Crippen molar-refractivity contribution in [2.75, 3.05) is 26.3 Å². The quantitative estimate of drug-likeness (QED) is 0.730. The van der Waals surface area contributed by atoms with Crippen molar-refractivity contribution in [2.24, 2.45) is 0 Å². The molecular weight excluding hydrogens is 385 g/mol. The summed E-state index contributed by atoms with van der Waals surface area (Å²) in [6.45, 7) is 0.523. The molecule has 3 rings (SSSR count). The first-order chi connectivity index (χ1) is 13.2. The number of amides is 1. The number of alkyl halides is 3. The SMILES string of the molecule is O=C(c1ccc(C(F)(F)F)cc1)N1CCOC(COc2ccc(F)cc2F)C1. The van der Waals surface area contributed by atoms with Crippen LogP contribution in [0.4, 0.5) is 22.0 Å². The van der Waals surface area contributed by atoms with Gasteiger partial charge in [0.1, 0.15) is 18.5 Å². The van der Waals surface area contributed by atoms with Crippen LogP contribution in [0.15, 0.2) is 42.5 Å². The van der Waals surface area contributed by atoms with Crippen LogP contribution in [0, 0.1) is 11.6 Å². The van der Waals surface area contributed by atoms with Gasteiger partial charge in [-0.05, 0) is 36.4 Å². The first-order valence-electron chi connectivity index (χ1n) is 8.40. The van der Waals surface area contributed by atoms with E-state index in [0.717, 1.165) is 36.4 Å². The minimum Gasteiger partial charge on any atom is -0.488 e. The Bertz CT molecular complexity index is 838. The van der Waals surface area contributed by atoms with E-state index in [4.69, 9.17) is 9.47 Å². The van der Waals surface area contributed by atoms with Crippen LogP contribution in [0.5, 0.6) is 5.75 Å². The first-order valence-corrected chi connectivity index (χ1v) is 8.40. The lowest BCUT2D eigenvalue weighted by molar-refractivity contribution is -0.137. The van der Waals surface area contributed by atoms with Gasteiger partial charge in [0.05, 0.1) is 18.7 Å². The number of carbonyl (C=O) groups excluding carboxylic acids is 1. The Morgan fingerprint density at radius 2 is 1.86 bits per heavy atom. The summed E-state index contributed by atoms with van der Waals surface area (Å²) in [5, 5.41) is 0. The molecule has 28 heavy (non-hydrogen) atoms. The number of rotatable bonds is 4. The van der Waals surface area contributed by atoms with Gasteiger partial charge >= 0.3 is 6.18 Å². The number of hydrogen-bond acceptors (Lipinski definition) is 3. The van der Waals surface area contributed by atoms with E-state index in [1.54, 1.807) is 0 Å². The molecule has 1 atom stereocenters. The molecule has 0 bridgehead atoms. The molecule has 150 valence electrons. The summed E-state index contributed by atoms with van der Waals surface area (Å²) >= 11 is 0. The van der Waals surface area contributed by atoms with Gasteiger partial charge in [-0.2, -0.15) is 13.2 Å². The van der Waals surface area contributed by atoms with E-state index in [2.05, 4.69) is 0 Å². The lowest BCUT2D eigenvalue weighted by atomic mass is 10.1. The van der Waals surface area contributed by atoms with Crippen molar-refractivity contribution in [2.45, 2.75) is 12.3 Å². The number of hydrogen-bond donors (Lipinski definition) is 0. The molecule has 1 heterocycles. The van der Waals surface area contributed by atoms with Crippen LogP contribution in [0.25, 0.3) is 0 Å². The fourth-order valence-corrected chi connectivity index (χ4v) is 2.76. The lowest BCUT2D eigenvalue weighted by Crippen LogP contribution is -2.47. The average molecular weight is 401 g/mol. The largest absolute Gasteiger partial charge is 0.488 e. The molecule has 0 aromatic heterocycles. The highest BCUT2D eigenvalue weighted by Gasteiger charge is 2.31. The maximum atomic E-state index is 13.6. The Morgan fingerprint density at radius 1 is 1.14 bits per heavy atom. The molecule has 9 heteroatoms. The predicted molar refractivity (Wildman–Crippen MR) is 88.9 cm³/mol. The lowest BCUT2D eigenvalue weighted by Gasteiger charge is -2.33. The number of morpholine rings is 1. The zero-order chi connectivity index (χ0) is 20.3. The molecule has 1 unspecified atom stereocenters. The summed E-state index contributed by atoms with van der Waals surface area (Å²) in [7, 11) is 0. The third kappa shape index (κ3) is 4.78. The summed E-state index contributed by atoms with van der Waals surface area (Å²) in [5.41, 5.74) is -0.710. The van der Waals surface area contributed by atoms with Crippen molar-refractivity contribution >= 4 is 5.91 Å². The second-order valence-corrected chi connectivity index (χ2v) is 6.20. The molecule has 4 nitrogen and oxygen atoms in total. The van der Waals surface area contributed by atoms with Crippen LogP contribution in [-0.4, -0.2) is 43.2 Å². The normalized spacial score (nSPS) is 17.5. The molecule has 1 aliphatic rings. The second-order valence-electron chi connectivity index (χ2n) is 6.20. The van der Waals surface area contributed by atoms with Gasteiger partial charge in [0.15, 0.2) is 11.6 Å². The van der Waals surface area contributed by atoms with Crippen LogP contribution in [0.1, 0.15) is 15.9 Å². The van der Waals surface area contributed by atoms with Crippen molar-refractivity contribution in [1.82, 2.24) is 4.90 Å². The Kier molecular flexibility index (Phi) is 5.83. The predicted octanol–water partition coefficient (Wildman–Crippen LogP) is 3.90. The van der Waals surface area contributed by atoms with E-state index in [9.17, 15) is 26.7 Å². The third-order valence-corrected chi connectivity index (χ3v) is 4.20. The molecule has 1 saturated heterocycles. The van der Waals surface area contributed by atoms with Crippen LogP contribution in [0.2, 0.25) is 0 Å². The molecule has 0 N–H and O–H groups in total. The smallest absolute Gasteiger partial charge is 0.416 e. The van der Waals surface area contributed by atoms with E-state index in [0.29, 0.717) is 6.07 Å². The molecular formula is C19H16F5NO3. The second kappa shape index (κ2) is 8.14. The standard InChI is InChI=1S/C19H16F5NO3/c20-14-5-6-17(16(21)9-14)28-11-15-10-25(7-8-27-15)18(26)12-1-3-13(4-2-12)19(22,23)24/h1-6,9,15H,7-8,10-11H2. The highest BCUT2D eigenvalue weighted by molar-refractivity contribution is 5.94. The fourth-order valence-electron chi connectivity index (χ4n) is 2.76. The van der Waals surface area contributed by atoms with Gasteiger partial charge in [-0.1, -0.05) is 0 Å². The van der Waals surface area contributed by atoms with Crippen LogP contribution in [0.3, 0.4) is 0 Å². The maximum Gasteiger partial charge on any atom is 0.416 e. The van der Waals surface area contributed by atoms with Crippen LogP contribution < -0.4 is 4.74 Å². The van der Waals surface area contributed by atoms with Crippen molar-refractivity contribution in [3.63, 3.8) is 0 Å². The number of ether oxygens (including phenoxy) is 2. The van der Waals surface area contributed by atoms with Gasteiger partial charge < -0.3 is 14.4 Å². The minimum atomic E-state index is -4.47. The minimum absolute atomic E-state index is 0.0701. The Hall–Kier alpha value is -2.68. The Balaban J connectivity index is 1.60. The highest BCUT2D eigenvalue weighted by atomic mass is 19.4. The van der Waals surface area contributed by atoms with Gasteiger partial charge in [0, 0.05) is 18.2 Å². The van der Waals surface area contributed by atoms with E-state index < -0.39 is 35.4 Å². The average Bonchev–Trinajstić information content (AvgIpc) is 2.66. The van der Waals surface area contributed by atoms with Gasteiger partial charge in [-0.3, -0.25) is 4.79 Å². The van der Waals surface area contributed by atoms with E-state index in [1.807, 2.05) is 0 Å². The van der Waals surface area contributed by atoms with E-state index in [1.165, 1.54) is 4.90 Å². The van der Waals surface area contributed by atoms with Crippen molar-refractivity contribution < 1.29 is 36.2 Å². The molecule has 2 aromatic rings. The number of carbonyl (C=O) groups is 1. The molecule has 0 spiro atoms. The molecule has 0 saturated carbocycles. The fraction of sp³-hybridized carbons (Fsp3) is 0.316. The number of nitrogens with zero attached hydrogens (tertiary/aromatic N) is 1. The summed E-state index contributed by atoms with van der Waals surface area (Å²) in [6.07, 6.45) is -5.03. The van der Waals surface area contributed by atoms with Gasteiger partial charge in [0.2, 0.25) is 0 Å². The number of halogens is 5. The van der Waals surface area contributed by atoms with E-state index >= 15 is 0 Å². The van der Waals surface area contributed by atoms with Crippen LogP contribution in [-0.2, 0) is 10.9 Å².